The monoisotopic (exact) mass is 206 g/mol. The van der Waals surface area contributed by atoms with Gasteiger partial charge in [0, 0.05) is 12.2 Å². The number of anilines is 1. The van der Waals surface area contributed by atoms with E-state index in [0.29, 0.717) is 6.54 Å². The Morgan fingerprint density at radius 1 is 1.53 bits per heavy atom. The molecular weight excluding hydrogens is 188 g/mol. The normalized spacial score (nSPS) is 12.2. The van der Waals surface area contributed by atoms with Gasteiger partial charge < -0.3 is 11.1 Å². The zero-order chi connectivity index (χ0) is 11.3. The molecule has 3 nitrogen and oxygen atoms in total. The summed E-state index contributed by atoms with van der Waals surface area (Å²) in [5, 5.41) is 2.87. The fourth-order valence-electron chi connectivity index (χ4n) is 1.43. The Morgan fingerprint density at radius 3 is 2.80 bits per heavy atom. The van der Waals surface area contributed by atoms with Gasteiger partial charge in [-0.3, -0.25) is 4.79 Å². The van der Waals surface area contributed by atoms with Crippen LogP contribution in [-0.2, 0) is 4.79 Å². The van der Waals surface area contributed by atoms with E-state index in [0.717, 1.165) is 17.7 Å². The first kappa shape index (κ1) is 11.7. The van der Waals surface area contributed by atoms with Crippen molar-refractivity contribution in [1.29, 1.82) is 0 Å². The number of benzene rings is 1. The van der Waals surface area contributed by atoms with Crippen LogP contribution in [0.1, 0.15) is 18.9 Å². The molecule has 1 amide bonds. The predicted molar refractivity (Wildman–Crippen MR) is 62.6 cm³/mol. The molecule has 1 rings (SSSR count). The molecule has 1 aromatic rings. The Morgan fingerprint density at radius 2 is 2.27 bits per heavy atom. The van der Waals surface area contributed by atoms with Gasteiger partial charge in [-0.2, -0.15) is 0 Å². The van der Waals surface area contributed by atoms with Crippen LogP contribution >= 0.6 is 0 Å². The summed E-state index contributed by atoms with van der Waals surface area (Å²) in [4.78, 5) is 11.7. The smallest absolute Gasteiger partial charge is 0.228 e. The molecule has 3 N–H and O–H groups in total. The summed E-state index contributed by atoms with van der Waals surface area (Å²) in [5.74, 6) is -0.0869. The first-order valence-electron chi connectivity index (χ1n) is 5.25. The molecule has 0 spiro atoms. The number of nitrogens with one attached hydrogen (secondary N) is 1. The molecule has 0 saturated heterocycles. The molecule has 1 unspecified atom stereocenters. The molecule has 0 aliphatic heterocycles. The van der Waals surface area contributed by atoms with Crippen LogP contribution < -0.4 is 11.1 Å². The van der Waals surface area contributed by atoms with Crippen LogP contribution in [0.15, 0.2) is 24.3 Å². The number of carbonyl (C=O) groups excluding carboxylic acids is 1. The van der Waals surface area contributed by atoms with Gasteiger partial charge in [0.15, 0.2) is 0 Å². The fourth-order valence-corrected chi connectivity index (χ4v) is 1.43. The Kier molecular flexibility index (Phi) is 4.31. The number of amides is 1. The van der Waals surface area contributed by atoms with Crippen molar-refractivity contribution in [3.05, 3.63) is 29.8 Å². The summed E-state index contributed by atoms with van der Waals surface area (Å²) in [6.07, 6.45) is 0.772. The summed E-state index contributed by atoms with van der Waals surface area (Å²) in [6.45, 7) is 4.36. The third kappa shape index (κ3) is 3.36. The number of hydrogen-bond donors (Lipinski definition) is 2. The molecule has 15 heavy (non-hydrogen) atoms. The standard InChI is InChI=1S/C12H18N2O/c1-3-10(8-13)12(15)14-11-6-4-5-9(2)7-11/h4-7,10H,3,8,13H2,1-2H3,(H,14,15). The highest BCUT2D eigenvalue weighted by molar-refractivity contribution is 5.92. The minimum absolute atomic E-state index is 0.00519. The van der Waals surface area contributed by atoms with Gasteiger partial charge in [-0.15, -0.1) is 0 Å². The van der Waals surface area contributed by atoms with Gasteiger partial charge in [-0.1, -0.05) is 19.1 Å². The number of rotatable bonds is 4. The molecule has 1 atom stereocenters. The van der Waals surface area contributed by atoms with Gasteiger partial charge in [0.05, 0.1) is 5.92 Å². The van der Waals surface area contributed by atoms with Crippen molar-refractivity contribution in [3.8, 4) is 0 Å². The highest BCUT2D eigenvalue weighted by Gasteiger charge is 2.14. The Bertz CT molecular complexity index is 332. The summed E-state index contributed by atoms with van der Waals surface area (Å²) < 4.78 is 0. The van der Waals surface area contributed by atoms with Crippen molar-refractivity contribution in [2.45, 2.75) is 20.3 Å². The SMILES string of the molecule is CCC(CN)C(=O)Nc1cccc(C)c1. The second kappa shape index (κ2) is 5.51. The van der Waals surface area contributed by atoms with E-state index in [2.05, 4.69) is 5.32 Å². The second-order valence-corrected chi connectivity index (χ2v) is 3.70. The van der Waals surface area contributed by atoms with Crippen LogP contribution in [0.4, 0.5) is 5.69 Å². The molecular formula is C12H18N2O. The molecule has 0 heterocycles. The molecule has 1 aromatic carbocycles. The number of carbonyl (C=O) groups is 1. The average molecular weight is 206 g/mol. The van der Waals surface area contributed by atoms with Crippen molar-refractivity contribution in [2.75, 3.05) is 11.9 Å². The zero-order valence-corrected chi connectivity index (χ0v) is 9.29. The maximum Gasteiger partial charge on any atom is 0.228 e. The summed E-state index contributed by atoms with van der Waals surface area (Å²) in [5.41, 5.74) is 7.48. The van der Waals surface area contributed by atoms with Crippen LogP contribution in [0.25, 0.3) is 0 Å². The van der Waals surface area contributed by atoms with Gasteiger partial charge in [0.2, 0.25) is 5.91 Å². The number of aryl methyl sites for hydroxylation is 1. The van der Waals surface area contributed by atoms with Crippen LogP contribution in [0.2, 0.25) is 0 Å². The van der Waals surface area contributed by atoms with E-state index in [1.807, 2.05) is 38.1 Å². The highest BCUT2D eigenvalue weighted by Crippen LogP contribution is 2.11. The molecule has 0 saturated carbocycles. The number of hydrogen-bond acceptors (Lipinski definition) is 2. The first-order chi connectivity index (χ1) is 7.17. The van der Waals surface area contributed by atoms with E-state index < -0.39 is 0 Å². The lowest BCUT2D eigenvalue weighted by atomic mass is 10.1. The van der Waals surface area contributed by atoms with Gasteiger partial charge in [0.25, 0.3) is 0 Å². The number of nitrogens with two attached hydrogens (primary N) is 1. The summed E-state index contributed by atoms with van der Waals surface area (Å²) in [6, 6.07) is 7.75. The highest BCUT2D eigenvalue weighted by atomic mass is 16.1. The lowest BCUT2D eigenvalue weighted by molar-refractivity contribution is -0.119. The minimum atomic E-state index is -0.0921. The molecule has 0 aliphatic carbocycles. The quantitative estimate of drug-likeness (QED) is 0.790. The Balaban J connectivity index is 2.65. The van der Waals surface area contributed by atoms with Crippen LogP contribution in [0, 0.1) is 12.8 Å². The maximum absolute atomic E-state index is 11.7. The summed E-state index contributed by atoms with van der Waals surface area (Å²) in [7, 11) is 0. The molecule has 0 bridgehead atoms. The third-order valence-corrected chi connectivity index (χ3v) is 2.43. The van der Waals surface area contributed by atoms with E-state index >= 15 is 0 Å². The fraction of sp³-hybridized carbons (Fsp3) is 0.417. The average Bonchev–Trinajstić information content (AvgIpc) is 2.19. The molecule has 0 fully saturated rings. The van der Waals surface area contributed by atoms with E-state index in [-0.39, 0.29) is 11.8 Å². The Labute approximate surface area is 90.7 Å². The van der Waals surface area contributed by atoms with E-state index in [1.165, 1.54) is 0 Å². The van der Waals surface area contributed by atoms with Gasteiger partial charge in [-0.05, 0) is 31.0 Å². The predicted octanol–water partition coefficient (Wildman–Crippen LogP) is 1.92. The lowest BCUT2D eigenvalue weighted by Gasteiger charge is -2.12. The van der Waals surface area contributed by atoms with Crippen LogP contribution in [0.5, 0.6) is 0 Å². The van der Waals surface area contributed by atoms with Crippen molar-refractivity contribution in [1.82, 2.24) is 0 Å². The molecule has 82 valence electrons. The summed E-state index contributed by atoms with van der Waals surface area (Å²) >= 11 is 0. The van der Waals surface area contributed by atoms with Gasteiger partial charge in [0.1, 0.15) is 0 Å². The molecule has 0 aromatic heterocycles. The van der Waals surface area contributed by atoms with E-state index in [9.17, 15) is 4.79 Å². The van der Waals surface area contributed by atoms with E-state index in [1.54, 1.807) is 0 Å². The van der Waals surface area contributed by atoms with Gasteiger partial charge in [-0.25, -0.2) is 0 Å². The third-order valence-electron chi connectivity index (χ3n) is 2.43. The van der Waals surface area contributed by atoms with Crippen molar-refractivity contribution >= 4 is 11.6 Å². The Hall–Kier alpha value is -1.35. The lowest BCUT2D eigenvalue weighted by Crippen LogP contribution is -2.28. The maximum atomic E-state index is 11.7. The van der Waals surface area contributed by atoms with Crippen molar-refractivity contribution < 1.29 is 4.79 Å². The molecule has 0 aliphatic rings. The van der Waals surface area contributed by atoms with Gasteiger partial charge >= 0.3 is 0 Å². The second-order valence-electron chi connectivity index (χ2n) is 3.70. The van der Waals surface area contributed by atoms with Crippen molar-refractivity contribution in [2.24, 2.45) is 11.7 Å². The van der Waals surface area contributed by atoms with Crippen LogP contribution in [-0.4, -0.2) is 12.5 Å². The largest absolute Gasteiger partial charge is 0.330 e. The zero-order valence-electron chi connectivity index (χ0n) is 9.29. The first-order valence-corrected chi connectivity index (χ1v) is 5.25. The van der Waals surface area contributed by atoms with Crippen LogP contribution in [0.3, 0.4) is 0 Å². The molecule has 3 heteroatoms. The van der Waals surface area contributed by atoms with E-state index in [4.69, 9.17) is 5.73 Å². The topological polar surface area (TPSA) is 55.1 Å². The van der Waals surface area contributed by atoms with Crippen molar-refractivity contribution in [3.63, 3.8) is 0 Å². The molecule has 0 radical (unpaired) electrons. The minimum Gasteiger partial charge on any atom is -0.330 e.